The van der Waals surface area contributed by atoms with Gasteiger partial charge in [0, 0.05) is 13.1 Å². The number of sulfone groups is 1. The van der Waals surface area contributed by atoms with E-state index in [4.69, 9.17) is 0 Å². The molecule has 1 aromatic carbocycles. The van der Waals surface area contributed by atoms with Crippen LogP contribution in [0.1, 0.15) is 43.0 Å². The van der Waals surface area contributed by atoms with Gasteiger partial charge in [0.15, 0.2) is 9.84 Å². The minimum atomic E-state index is -3.22. The predicted octanol–water partition coefficient (Wildman–Crippen LogP) is 2.62. The van der Waals surface area contributed by atoms with E-state index in [-0.39, 0.29) is 18.3 Å². The fraction of sp³-hybridized carbons (Fsp3) is 0.588. The van der Waals surface area contributed by atoms with Gasteiger partial charge in [0.25, 0.3) is 0 Å². The Morgan fingerprint density at radius 2 is 1.57 bits per heavy atom. The molecule has 2 N–H and O–H groups in total. The molecule has 5 nitrogen and oxygen atoms in total. The second-order valence-corrected chi connectivity index (χ2v) is 9.78. The summed E-state index contributed by atoms with van der Waals surface area (Å²) in [5.74, 6) is -0.0630. The monoisotopic (exact) mass is 340 g/mol. The molecule has 0 fully saturated rings. The molecule has 0 spiro atoms. The molecule has 0 saturated heterocycles. The fourth-order valence-electron chi connectivity index (χ4n) is 2.33. The number of aryl methyl sites for hydroxylation is 3. The Morgan fingerprint density at radius 1 is 1.04 bits per heavy atom. The molecule has 0 aliphatic heterocycles. The first kappa shape index (κ1) is 19.5. The molecule has 0 atom stereocenters. The number of urea groups is 1. The van der Waals surface area contributed by atoms with E-state index in [9.17, 15) is 13.2 Å². The smallest absolute Gasteiger partial charge is 0.315 e. The number of carbonyl (C=O) groups is 1. The minimum Gasteiger partial charge on any atom is -0.337 e. The Labute approximate surface area is 139 Å². The number of hydrogen-bond acceptors (Lipinski definition) is 3. The Morgan fingerprint density at radius 3 is 2.04 bits per heavy atom. The molecule has 0 saturated carbocycles. The summed E-state index contributed by atoms with van der Waals surface area (Å²) >= 11 is 0. The van der Waals surface area contributed by atoms with Gasteiger partial charge in [-0.25, -0.2) is 13.2 Å². The SMILES string of the molecule is Cc1cc(C)c(CNC(=O)NCCS(=O)(=O)C(C)(C)C)c(C)c1. The molecule has 23 heavy (non-hydrogen) atoms. The normalized spacial score (nSPS) is 12.1. The van der Waals surface area contributed by atoms with Gasteiger partial charge in [-0.05, 0) is 58.2 Å². The summed E-state index contributed by atoms with van der Waals surface area (Å²) in [5, 5.41) is 5.38. The zero-order chi connectivity index (χ0) is 17.8. The number of nitrogens with one attached hydrogen (secondary N) is 2. The summed E-state index contributed by atoms with van der Waals surface area (Å²) in [7, 11) is -3.22. The van der Waals surface area contributed by atoms with Crippen molar-refractivity contribution in [3.8, 4) is 0 Å². The highest BCUT2D eigenvalue weighted by atomic mass is 32.2. The first-order valence-corrected chi connectivity index (χ1v) is 9.40. The topological polar surface area (TPSA) is 75.3 Å². The number of rotatable bonds is 5. The molecule has 1 rings (SSSR count). The summed E-state index contributed by atoms with van der Waals surface area (Å²) in [6.45, 7) is 11.6. The maximum Gasteiger partial charge on any atom is 0.315 e. The second-order valence-electron chi connectivity index (χ2n) is 6.92. The van der Waals surface area contributed by atoms with Crippen LogP contribution in [0.2, 0.25) is 0 Å². The third-order valence-corrected chi connectivity index (χ3v) is 6.46. The van der Waals surface area contributed by atoms with Crippen LogP contribution in [0.15, 0.2) is 12.1 Å². The number of benzene rings is 1. The fourth-order valence-corrected chi connectivity index (χ4v) is 3.31. The van der Waals surface area contributed by atoms with Crippen molar-refractivity contribution in [2.75, 3.05) is 12.3 Å². The van der Waals surface area contributed by atoms with E-state index in [1.165, 1.54) is 5.56 Å². The van der Waals surface area contributed by atoms with Gasteiger partial charge < -0.3 is 10.6 Å². The maximum absolute atomic E-state index is 12.0. The van der Waals surface area contributed by atoms with Gasteiger partial charge >= 0.3 is 6.03 Å². The first-order chi connectivity index (χ1) is 10.4. The standard InChI is InChI=1S/C17H28N2O3S/c1-12-9-13(2)15(14(3)10-12)11-19-16(20)18-7-8-23(21,22)17(4,5)6/h9-10H,7-8,11H2,1-6H3,(H2,18,19,20). The van der Waals surface area contributed by atoms with E-state index in [2.05, 4.69) is 22.8 Å². The van der Waals surface area contributed by atoms with Crippen molar-refractivity contribution >= 4 is 15.9 Å². The summed E-state index contributed by atoms with van der Waals surface area (Å²) < 4.78 is 23.1. The highest BCUT2D eigenvalue weighted by Gasteiger charge is 2.28. The number of hydrogen-bond donors (Lipinski definition) is 2. The van der Waals surface area contributed by atoms with Crippen molar-refractivity contribution in [2.45, 2.75) is 52.8 Å². The lowest BCUT2D eigenvalue weighted by Crippen LogP contribution is -2.40. The molecule has 2 amide bonds. The van der Waals surface area contributed by atoms with E-state index in [1.54, 1.807) is 20.8 Å². The van der Waals surface area contributed by atoms with Crippen LogP contribution in [0.4, 0.5) is 4.79 Å². The molecule has 0 radical (unpaired) electrons. The quantitative estimate of drug-likeness (QED) is 0.865. The van der Waals surface area contributed by atoms with Gasteiger partial charge in [-0.2, -0.15) is 0 Å². The van der Waals surface area contributed by atoms with Gasteiger partial charge in [-0.3, -0.25) is 0 Å². The van der Waals surface area contributed by atoms with Crippen molar-refractivity contribution in [3.63, 3.8) is 0 Å². The molecule has 0 bridgehead atoms. The summed E-state index contributed by atoms with van der Waals surface area (Å²) in [6, 6.07) is 3.81. The zero-order valence-electron chi connectivity index (χ0n) is 14.9. The zero-order valence-corrected chi connectivity index (χ0v) is 15.7. The highest BCUT2D eigenvalue weighted by Crippen LogP contribution is 2.16. The van der Waals surface area contributed by atoms with Crippen LogP contribution in [0, 0.1) is 20.8 Å². The van der Waals surface area contributed by atoms with E-state index in [1.807, 2.05) is 20.8 Å². The van der Waals surface area contributed by atoms with Crippen molar-refractivity contribution in [1.82, 2.24) is 10.6 Å². The van der Waals surface area contributed by atoms with Crippen LogP contribution < -0.4 is 10.6 Å². The van der Waals surface area contributed by atoms with Gasteiger partial charge in [0.05, 0.1) is 10.5 Å². The van der Waals surface area contributed by atoms with Gasteiger partial charge in [-0.15, -0.1) is 0 Å². The van der Waals surface area contributed by atoms with E-state index >= 15 is 0 Å². The summed E-state index contributed by atoms with van der Waals surface area (Å²) in [5.41, 5.74) is 4.56. The van der Waals surface area contributed by atoms with Crippen molar-refractivity contribution in [3.05, 3.63) is 34.4 Å². The molecule has 0 heterocycles. The lowest BCUT2D eigenvalue weighted by Gasteiger charge is -2.19. The Hall–Kier alpha value is -1.56. The average molecular weight is 340 g/mol. The summed E-state index contributed by atoms with van der Waals surface area (Å²) in [6.07, 6.45) is 0. The predicted molar refractivity (Wildman–Crippen MR) is 94.4 cm³/mol. The summed E-state index contributed by atoms with van der Waals surface area (Å²) in [4.78, 5) is 11.8. The van der Waals surface area contributed by atoms with Crippen LogP contribution >= 0.6 is 0 Å². The van der Waals surface area contributed by atoms with Crippen LogP contribution in [0.5, 0.6) is 0 Å². The minimum absolute atomic E-state index is 0.0630. The molecule has 1 aromatic rings. The highest BCUT2D eigenvalue weighted by molar-refractivity contribution is 7.92. The maximum atomic E-state index is 12.0. The van der Waals surface area contributed by atoms with Gasteiger partial charge in [0.1, 0.15) is 0 Å². The molecule has 0 aromatic heterocycles. The van der Waals surface area contributed by atoms with Crippen molar-refractivity contribution < 1.29 is 13.2 Å². The second kappa shape index (κ2) is 7.34. The van der Waals surface area contributed by atoms with Crippen LogP contribution in [-0.2, 0) is 16.4 Å². The van der Waals surface area contributed by atoms with Crippen LogP contribution in [-0.4, -0.2) is 31.5 Å². The largest absolute Gasteiger partial charge is 0.337 e. The Kier molecular flexibility index (Phi) is 6.22. The molecule has 130 valence electrons. The first-order valence-electron chi connectivity index (χ1n) is 7.75. The molecular weight excluding hydrogens is 312 g/mol. The van der Waals surface area contributed by atoms with E-state index in [0.717, 1.165) is 16.7 Å². The van der Waals surface area contributed by atoms with E-state index < -0.39 is 14.6 Å². The molecule has 0 aliphatic carbocycles. The third-order valence-electron chi connectivity index (χ3n) is 3.86. The van der Waals surface area contributed by atoms with Crippen molar-refractivity contribution in [1.29, 1.82) is 0 Å². The number of amides is 2. The average Bonchev–Trinajstić information content (AvgIpc) is 2.35. The van der Waals surface area contributed by atoms with Gasteiger partial charge in [-0.1, -0.05) is 17.7 Å². The lowest BCUT2D eigenvalue weighted by molar-refractivity contribution is 0.241. The van der Waals surface area contributed by atoms with Crippen molar-refractivity contribution in [2.24, 2.45) is 0 Å². The van der Waals surface area contributed by atoms with E-state index in [0.29, 0.717) is 6.54 Å². The molecule has 0 unspecified atom stereocenters. The van der Waals surface area contributed by atoms with Crippen LogP contribution in [0.25, 0.3) is 0 Å². The third kappa shape index (κ3) is 5.53. The Bertz CT molecular complexity index is 651. The molecule has 0 aliphatic rings. The Balaban J connectivity index is 2.51. The van der Waals surface area contributed by atoms with Gasteiger partial charge in [0.2, 0.25) is 0 Å². The number of carbonyl (C=O) groups excluding carboxylic acids is 1. The molecule has 6 heteroatoms. The van der Waals surface area contributed by atoms with Crippen LogP contribution in [0.3, 0.4) is 0 Å². The lowest BCUT2D eigenvalue weighted by atomic mass is 10.00. The molecular formula is C17H28N2O3S.